The van der Waals surface area contributed by atoms with E-state index in [4.69, 9.17) is 21.2 Å². The van der Waals surface area contributed by atoms with Crippen molar-refractivity contribution in [3.63, 3.8) is 0 Å². The van der Waals surface area contributed by atoms with Crippen LogP contribution in [0.3, 0.4) is 0 Å². The first-order chi connectivity index (χ1) is 17.5. The van der Waals surface area contributed by atoms with Crippen LogP contribution in [-0.2, 0) is 11.0 Å². The van der Waals surface area contributed by atoms with Crippen LogP contribution in [0.1, 0.15) is 16.2 Å². The molecule has 0 atom stereocenters. The number of ether oxygens (including phenoxy) is 1. The Balaban J connectivity index is 1.55. The highest BCUT2D eigenvalue weighted by Crippen LogP contribution is 2.36. The summed E-state index contributed by atoms with van der Waals surface area (Å²) in [6, 6.07) is 8.00. The van der Waals surface area contributed by atoms with Crippen LogP contribution in [0.2, 0.25) is 5.02 Å². The van der Waals surface area contributed by atoms with Crippen LogP contribution in [0, 0.1) is 0 Å². The molecule has 0 saturated heterocycles. The number of urea groups is 1. The molecule has 3 amide bonds. The summed E-state index contributed by atoms with van der Waals surface area (Å²) in [5.74, 6) is -0.626. The topological polar surface area (TPSA) is 131 Å². The van der Waals surface area contributed by atoms with Gasteiger partial charge < -0.3 is 20.3 Å². The molecular weight excluding hydrogens is 519 g/mol. The zero-order valence-corrected chi connectivity index (χ0v) is 20.2. The maximum atomic E-state index is 13.0. The van der Waals surface area contributed by atoms with Crippen LogP contribution >= 0.6 is 11.6 Å². The van der Waals surface area contributed by atoms with Crippen molar-refractivity contribution in [2.45, 2.75) is 6.18 Å². The molecule has 0 spiro atoms. The number of likely N-dealkylation sites (N-methyl/N-ethyl adjacent to an activating group) is 1. The van der Waals surface area contributed by atoms with Crippen molar-refractivity contribution in [3.8, 4) is 11.8 Å². The first kappa shape index (κ1) is 27.6. The van der Waals surface area contributed by atoms with E-state index in [1.54, 1.807) is 0 Å². The van der Waals surface area contributed by atoms with Gasteiger partial charge in [-0.05, 0) is 56.6 Å². The molecule has 1 heterocycles. The fourth-order valence-electron chi connectivity index (χ4n) is 2.66. The zero-order chi connectivity index (χ0) is 27.0. The van der Waals surface area contributed by atoms with Gasteiger partial charge in [-0.3, -0.25) is 9.63 Å². The van der Waals surface area contributed by atoms with Crippen molar-refractivity contribution in [1.29, 1.82) is 0 Å². The fourth-order valence-corrected chi connectivity index (χ4v) is 2.88. The molecule has 0 unspecified atom stereocenters. The number of carbonyl (C=O) groups is 2. The standard InChI is InChI=1S/C22H21ClF3N7O4/c1-33(2)9-10-36-32-19(34)18-27-12-28-21(31-18)37-15-6-3-13(4-7-15)29-20(35)30-14-5-8-17(23)16(11-14)22(24,25)26/h3-8,11-12H,9-10H2,1-2H3,(H,32,34)(H2,29,30,35). The van der Waals surface area contributed by atoms with Gasteiger partial charge in [0.05, 0.1) is 17.2 Å². The number of carbonyl (C=O) groups excluding carboxylic acids is 2. The van der Waals surface area contributed by atoms with Gasteiger partial charge in [0, 0.05) is 17.9 Å². The highest BCUT2D eigenvalue weighted by Gasteiger charge is 2.33. The number of amides is 3. The van der Waals surface area contributed by atoms with Crippen LogP contribution < -0.4 is 20.9 Å². The van der Waals surface area contributed by atoms with E-state index in [0.717, 1.165) is 18.5 Å². The minimum absolute atomic E-state index is 0.0908. The van der Waals surface area contributed by atoms with E-state index in [9.17, 15) is 22.8 Å². The quantitative estimate of drug-likeness (QED) is 0.272. The predicted octanol–water partition coefficient (Wildman–Crippen LogP) is 4.20. The number of nitrogens with zero attached hydrogens (tertiary/aromatic N) is 4. The number of rotatable bonds is 9. The van der Waals surface area contributed by atoms with Crippen LogP contribution in [0.4, 0.5) is 29.3 Å². The lowest BCUT2D eigenvalue weighted by Crippen LogP contribution is -2.29. The minimum atomic E-state index is -4.66. The smallest absolute Gasteiger partial charge is 0.417 e. The highest BCUT2D eigenvalue weighted by atomic mass is 35.5. The normalized spacial score (nSPS) is 11.2. The third kappa shape index (κ3) is 8.56. The van der Waals surface area contributed by atoms with E-state index >= 15 is 0 Å². The molecule has 0 aliphatic heterocycles. The van der Waals surface area contributed by atoms with Gasteiger partial charge in [-0.1, -0.05) is 11.6 Å². The molecule has 1 aromatic heterocycles. The van der Waals surface area contributed by atoms with Gasteiger partial charge in [0.25, 0.3) is 0 Å². The summed E-state index contributed by atoms with van der Waals surface area (Å²) in [4.78, 5) is 42.7. The van der Waals surface area contributed by atoms with Crippen LogP contribution in [0.5, 0.6) is 11.8 Å². The Morgan fingerprint density at radius 3 is 2.38 bits per heavy atom. The maximum absolute atomic E-state index is 13.0. The lowest BCUT2D eigenvalue weighted by atomic mass is 10.2. The number of benzene rings is 2. The van der Waals surface area contributed by atoms with Gasteiger partial charge in [-0.25, -0.2) is 15.3 Å². The molecule has 3 aromatic rings. The lowest BCUT2D eigenvalue weighted by molar-refractivity contribution is -0.137. The van der Waals surface area contributed by atoms with E-state index in [0.29, 0.717) is 12.2 Å². The third-order valence-electron chi connectivity index (χ3n) is 4.41. The van der Waals surface area contributed by atoms with Gasteiger partial charge >= 0.3 is 24.1 Å². The second-order valence-electron chi connectivity index (χ2n) is 7.57. The average Bonchev–Trinajstić information content (AvgIpc) is 2.83. The number of halogens is 4. The number of hydrogen-bond acceptors (Lipinski definition) is 8. The monoisotopic (exact) mass is 539 g/mol. The molecule has 0 fully saturated rings. The van der Waals surface area contributed by atoms with Gasteiger partial charge in [0.15, 0.2) is 0 Å². The second kappa shape index (κ2) is 12.3. The molecular formula is C22H21ClF3N7O4. The molecule has 0 aliphatic rings. The molecule has 3 rings (SSSR count). The Hall–Kier alpha value is -4.01. The van der Waals surface area contributed by atoms with Crippen molar-refractivity contribution in [2.75, 3.05) is 37.9 Å². The molecule has 2 aromatic carbocycles. The Morgan fingerprint density at radius 2 is 1.70 bits per heavy atom. The summed E-state index contributed by atoms with van der Waals surface area (Å²) in [6.07, 6.45) is -3.57. The van der Waals surface area contributed by atoms with E-state index in [1.807, 2.05) is 19.0 Å². The summed E-state index contributed by atoms with van der Waals surface area (Å²) < 4.78 is 44.5. The second-order valence-corrected chi connectivity index (χ2v) is 7.98. The van der Waals surface area contributed by atoms with Crippen molar-refractivity contribution in [1.82, 2.24) is 25.3 Å². The summed E-state index contributed by atoms with van der Waals surface area (Å²) in [6.45, 7) is 0.859. The number of hydroxylamine groups is 1. The average molecular weight is 540 g/mol. The molecule has 3 N–H and O–H groups in total. The summed E-state index contributed by atoms with van der Waals surface area (Å²) in [7, 11) is 3.71. The van der Waals surface area contributed by atoms with E-state index < -0.39 is 28.7 Å². The van der Waals surface area contributed by atoms with Gasteiger partial charge in [-0.2, -0.15) is 23.1 Å². The van der Waals surface area contributed by atoms with Crippen molar-refractivity contribution < 1.29 is 32.3 Å². The molecule has 15 heteroatoms. The summed E-state index contributed by atoms with van der Waals surface area (Å²) in [5.41, 5.74) is 1.38. The largest absolute Gasteiger partial charge is 0.424 e. The molecule has 0 bridgehead atoms. The first-order valence-electron chi connectivity index (χ1n) is 10.5. The first-order valence-corrected chi connectivity index (χ1v) is 10.9. The molecule has 0 aliphatic carbocycles. The number of anilines is 2. The predicted molar refractivity (Wildman–Crippen MR) is 127 cm³/mol. The minimum Gasteiger partial charge on any atom is -0.424 e. The van der Waals surface area contributed by atoms with Crippen molar-refractivity contribution in [3.05, 3.63) is 65.2 Å². The Labute approximate surface area is 213 Å². The van der Waals surface area contributed by atoms with Crippen LogP contribution in [0.15, 0.2) is 48.8 Å². The van der Waals surface area contributed by atoms with Gasteiger partial charge in [0.1, 0.15) is 12.1 Å². The molecule has 196 valence electrons. The van der Waals surface area contributed by atoms with E-state index in [2.05, 4.69) is 31.1 Å². The third-order valence-corrected chi connectivity index (χ3v) is 4.74. The Morgan fingerprint density at radius 1 is 1.03 bits per heavy atom. The lowest BCUT2D eigenvalue weighted by Gasteiger charge is -2.12. The number of alkyl halides is 3. The molecule has 37 heavy (non-hydrogen) atoms. The molecule has 0 radical (unpaired) electrons. The van der Waals surface area contributed by atoms with Crippen molar-refractivity contribution >= 4 is 34.9 Å². The molecule has 0 saturated carbocycles. The van der Waals surface area contributed by atoms with Crippen LogP contribution in [-0.4, -0.2) is 59.0 Å². The number of hydrogen-bond donors (Lipinski definition) is 3. The van der Waals surface area contributed by atoms with Crippen molar-refractivity contribution in [2.24, 2.45) is 0 Å². The Kier molecular flexibility index (Phi) is 9.16. The number of aromatic nitrogens is 3. The van der Waals surface area contributed by atoms with Gasteiger partial charge in [-0.15, -0.1) is 0 Å². The fraction of sp³-hybridized carbons (Fsp3) is 0.227. The number of nitrogens with one attached hydrogen (secondary N) is 3. The Bertz CT molecular complexity index is 1240. The summed E-state index contributed by atoms with van der Waals surface area (Å²) in [5, 5.41) is 4.31. The summed E-state index contributed by atoms with van der Waals surface area (Å²) >= 11 is 5.58. The molecule has 11 nitrogen and oxygen atoms in total. The zero-order valence-electron chi connectivity index (χ0n) is 19.5. The van der Waals surface area contributed by atoms with E-state index in [1.165, 1.54) is 30.3 Å². The maximum Gasteiger partial charge on any atom is 0.417 e. The van der Waals surface area contributed by atoms with Crippen LogP contribution in [0.25, 0.3) is 0 Å². The van der Waals surface area contributed by atoms with Gasteiger partial charge in [0.2, 0.25) is 5.82 Å². The highest BCUT2D eigenvalue weighted by molar-refractivity contribution is 6.31. The van der Waals surface area contributed by atoms with E-state index in [-0.39, 0.29) is 29.9 Å². The SMILES string of the molecule is CN(C)CCONC(=O)c1ncnc(Oc2ccc(NC(=O)Nc3ccc(Cl)c(C(F)(F)F)c3)cc2)n1.